The summed E-state index contributed by atoms with van der Waals surface area (Å²) in [5.74, 6) is 0. The molecule has 0 saturated heterocycles. The summed E-state index contributed by atoms with van der Waals surface area (Å²) in [5, 5.41) is 11.6. The van der Waals surface area contributed by atoms with E-state index in [0.717, 1.165) is 12.8 Å². The summed E-state index contributed by atoms with van der Waals surface area (Å²) in [6, 6.07) is 0.0475. The molecule has 0 fully saturated rings. The number of hydrogen-bond donors (Lipinski definition) is 2. The number of nitrogens with zero attached hydrogens (tertiary/aromatic N) is 1. The van der Waals surface area contributed by atoms with Crippen LogP contribution in [0.1, 0.15) is 33.6 Å². The van der Waals surface area contributed by atoms with Crippen molar-refractivity contribution in [2.75, 3.05) is 19.7 Å². The molecular formula is C10H22N2O2. The van der Waals surface area contributed by atoms with E-state index in [1.165, 1.54) is 0 Å². The number of aliphatic hydroxyl groups excluding tert-OH is 1. The van der Waals surface area contributed by atoms with Crippen molar-refractivity contribution in [2.45, 2.75) is 39.7 Å². The predicted molar refractivity (Wildman–Crippen MR) is 57.2 cm³/mol. The predicted octanol–water partition coefficient (Wildman–Crippen LogP) is 1.20. The van der Waals surface area contributed by atoms with Gasteiger partial charge in [0.15, 0.2) is 0 Å². The minimum atomic E-state index is -0.0810. The van der Waals surface area contributed by atoms with Crippen molar-refractivity contribution in [3.8, 4) is 0 Å². The van der Waals surface area contributed by atoms with E-state index >= 15 is 0 Å². The number of urea groups is 1. The SMILES string of the molecule is CCCCNC(=O)N(CCO)C(C)C. The van der Waals surface area contributed by atoms with Crippen LogP contribution in [0.5, 0.6) is 0 Å². The molecule has 0 aromatic heterocycles. The third kappa shape index (κ3) is 5.07. The van der Waals surface area contributed by atoms with Crippen molar-refractivity contribution >= 4 is 6.03 Å². The largest absolute Gasteiger partial charge is 0.395 e. The van der Waals surface area contributed by atoms with Crippen LogP contribution < -0.4 is 5.32 Å². The van der Waals surface area contributed by atoms with Gasteiger partial charge in [-0.1, -0.05) is 13.3 Å². The highest BCUT2D eigenvalue weighted by Gasteiger charge is 2.14. The molecule has 0 saturated carbocycles. The standard InChI is InChI=1S/C10H22N2O2/c1-4-5-6-11-10(14)12(7-8-13)9(2)3/h9,13H,4-8H2,1-3H3,(H,11,14). The average Bonchev–Trinajstić information content (AvgIpc) is 2.13. The van der Waals surface area contributed by atoms with Crippen molar-refractivity contribution in [3.05, 3.63) is 0 Å². The van der Waals surface area contributed by atoms with E-state index in [9.17, 15) is 4.79 Å². The van der Waals surface area contributed by atoms with Crippen LogP contribution in [0.3, 0.4) is 0 Å². The van der Waals surface area contributed by atoms with Crippen LogP contribution in [0.2, 0.25) is 0 Å². The second-order valence-corrected chi connectivity index (χ2v) is 3.60. The fourth-order valence-electron chi connectivity index (χ4n) is 1.18. The summed E-state index contributed by atoms with van der Waals surface area (Å²) in [5.41, 5.74) is 0. The molecule has 0 aliphatic heterocycles. The van der Waals surface area contributed by atoms with Gasteiger partial charge in [0.2, 0.25) is 0 Å². The Morgan fingerprint density at radius 2 is 2.14 bits per heavy atom. The smallest absolute Gasteiger partial charge is 0.317 e. The summed E-state index contributed by atoms with van der Waals surface area (Å²) < 4.78 is 0. The fraction of sp³-hybridized carbons (Fsp3) is 0.900. The Kier molecular flexibility index (Phi) is 7.20. The van der Waals surface area contributed by atoms with Crippen molar-refractivity contribution in [1.29, 1.82) is 0 Å². The molecule has 4 nitrogen and oxygen atoms in total. The molecule has 0 aromatic carbocycles. The minimum absolute atomic E-state index is 0.0133. The van der Waals surface area contributed by atoms with E-state index in [2.05, 4.69) is 12.2 Å². The van der Waals surface area contributed by atoms with Gasteiger partial charge in [-0.05, 0) is 20.3 Å². The molecule has 84 valence electrons. The number of carbonyl (C=O) groups excluding carboxylic acids is 1. The Morgan fingerprint density at radius 3 is 2.57 bits per heavy atom. The van der Waals surface area contributed by atoms with Gasteiger partial charge in [-0.3, -0.25) is 0 Å². The first-order valence-electron chi connectivity index (χ1n) is 5.28. The van der Waals surface area contributed by atoms with Gasteiger partial charge in [-0.25, -0.2) is 4.79 Å². The summed E-state index contributed by atoms with van der Waals surface area (Å²) in [6.45, 7) is 7.09. The number of carbonyl (C=O) groups is 1. The molecule has 0 aliphatic rings. The minimum Gasteiger partial charge on any atom is -0.395 e. The zero-order chi connectivity index (χ0) is 11.0. The van der Waals surface area contributed by atoms with Gasteiger partial charge < -0.3 is 15.3 Å². The highest BCUT2D eigenvalue weighted by molar-refractivity contribution is 5.74. The Balaban J connectivity index is 3.89. The van der Waals surface area contributed by atoms with E-state index < -0.39 is 0 Å². The molecular weight excluding hydrogens is 180 g/mol. The van der Waals surface area contributed by atoms with Crippen LogP contribution in [0.15, 0.2) is 0 Å². The molecule has 0 bridgehead atoms. The molecule has 4 heteroatoms. The molecule has 0 heterocycles. The fourth-order valence-corrected chi connectivity index (χ4v) is 1.18. The molecule has 0 spiro atoms. The molecule has 2 N–H and O–H groups in total. The summed E-state index contributed by atoms with van der Waals surface area (Å²) in [6.07, 6.45) is 2.07. The van der Waals surface area contributed by atoms with Crippen molar-refractivity contribution < 1.29 is 9.90 Å². The summed E-state index contributed by atoms with van der Waals surface area (Å²) in [7, 11) is 0. The lowest BCUT2D eigenvalue weighted by molar-refractivity contribution is 0.161. The first kappa shape index (κ1) is 13.2. The molecule has 0 rings (SSSR count). The third-order valence-electron chi connectivity index (χ3n) is 2.03. The zero-order valence-corrected chi connectivity index (χ0v) is 9.42. The maximum Gasteiger partial charge on any atom is 0.317 e. The molecule has 2 amide bonds. The maximum atomic E-state index is 11.6. The first-order chi connectivity index (χ1) is 6.63. The van der Waals surface area contributed by atoms with Crippen LogP contribution in [0, 0.1) is 0 Å². The second kappa shape index (κ2) is 7.62. The van der Waals surface area contributed by atoms with Gasteiger partial charge in [-0.2, -0.15) is 0 Å². The Hall–Kier alpha value is -0.770. The van der Waals surface area contributed by atoms with Crippen LogP contribution in [-0.2, 0) is 0 Å². The van der Waals surface area contributed by atoms with Crippen molar-refractivity contribution in [3.63, 3.8) is 0 Å². The van der Waals surface area contributed by atoms with E-state index in [-0.39, 0.29) is 18.7 Å². The summed E-state index contributed by atoms with van der Waals surface area (Å²) in [4.78, 5) is 13.2. The van der Waals surface area contributed by atoms with Gasteiger partial charge >= 0.3 is 6.03 Å². The number of hydrogen-bond acceptors (Lipinski definition) is 2. The lowest BCUT2D eigenvalue weighted by Crippen LogP contribution is -2.45. The van der Waals surface area contributed by atoms with Crippen LogP contribution >= 0.6 is 0 Å². The maximum absolute atomic E-state index is 11.6. The highest BCUT2D eigenvalue weighted by Crippen LogP contribution is 1.98. The van der Waals surface area contributed by atoms with Gasteiger partial charge in [0.25, 0.3) is 0 Å². The van der Waals surface area contributed by atoms with Gasteiger partial charge in [0.05, 0.1) is 6.61 Å². The average molecular weight is 202 g/mol. The van der Waals surface area contributed by atoms with Crippen LogP contribution in [0.25, 0.3) is 0 Å². The second-order valence-electron chi connectivity index (χ2n) is 3.60. The van der Waals surface area contributed by atoms with E-state index in [1.807, 2.05) is 13.8 Å². The lowest BCUT2D eigenvalue weighted by Gasteiger charge is -2.26. The number of rotatable bonds is 6. The molecule has 0 radical (unpaired) electrons. The number of aliphatic hydroxyl groups is 1. The molecule has 0 atom stereocenters. The molecule has 0 aromatic rings. The number of nitrogens with one attached hydrogen (secondary N) is 1. The van der Waals surface area contributed by atoms with Gasteiger partial charge in [0, 0.05) is 19.1 Å². The Bertz CT molecular complexity index is 160. The summed E-state index contributed by atoms with van der Waals surface area (Å²) >= 11 is 0. The number of unbranched alkanes of at least 4 members (excludes halogenated alkanes) is 1. The normalized spacial score (nSPS) is 10.4. The lowest BCUT2D eigenvalue weighted by atomic mass is 10.3. The Morgan fingerprint density at radius 1 is 1.50 bits per heavy atom. The molecule has 14 heavy (non-hydrogen) atoms. The van der Waals surface area contributed by atoms with Crippen LogP contribution in [-0.4, -0.2) is 41.8 Å². The van der Waals surface area contributed by atoms with Gasteiger partial charge in [0.1, 0.15) is 0 Å². The van der Waals surface area contributed by atoms with E-state index in [0.29, 0.717) is 13.1 Å². The van der Waals surface area contributed by atoms with E-state index in [4.69, 9.17) is 5.11 Å². The third-order valence-corrected chi connectivity index (χ3v) is 2.03. The van der Waals surface area contributed by atoms with Crippen molar-refractivity contribution in [2.24, 2.45) is 0 Å². The molecule has 0 aliphatic carbocycles. The topological polar surface area (TPSA) is 52.6 Å². The molecule has 0 unspecified atom stereocenters. The highest BCUT2D eigenvalue weighted by atomic mass is 16.3. The monoisotopic (exact) mass is 202 g/mol. The van der Waals surface area contributed by atoms with Gasteiger partial charge in [-0.15, -0.1) is 0 Å². The zero-order valence-electron chi connectivity index (χ0n) is 9.42. The number of amides is 2. The van der Waals surface area contributed by atoms with E-state index in [1.54, 1.807) is 4.90 Å². The Labute approximate surface area is 86.3 Å². The van der Waals surface area contributed by atoms with Crippen molar-refractivity contribution in [1.82, 2.24) is 10.2 Å². The first-order valence-corrected chi connectivity index (χ1v) is 5.28. The van der Waals surface area contributed by atoms with Crippen LogP contribution in [0.4, 0.5) is 4.79 Å². The quantitative estimate of drug-likeness (QED) is 0.636.